The van der Waals surface area contributed by atoms with Gasteiger partial charge in [0.1, 0.15) is 11.7 Å². The van der Waals surface area contributed by atoms with Crippen LogP contribution in [0.15, 0.2) is 59.5 Å². The summed E-state index contributed by atoms with van der Waals surface area (Å²) in [7, 11) is 0. The standard InChI is InChI=1S/C26H28N6O4/c1-14-8-10-17(11-9-14)23(33)22-16(3)32(28)26(36)31(22)25(35)15(2)30-24(34)20(27)12-18-13-29-21-7-5-4-6-19(18)21/h4-11,13,15,20,29H,12,27-28H2,1-3H3,(H,30,34)/t15-,20+/m0/s1. The number of nitrogens with two attached hydrogens (primary N) is 2. The van der Waals surface area contributed by atoms with E-state index in [0.29, 0.717) is 10.1 Å². The average molecular weight is 489 g/mol. The Kier molecular flexibility index (Phi) is 6.63. The van der Waals surface area contributed by atoms with E-state index in [2.05, 4.69) is 10.3 Å². The fourth-order valence-corrected chi connectivity index (χ4v) is 4.14. The smallest absolute Gasteiger partial charge is 0.354 e. The molecule has 2 aromatic heterocycles. The van der Waals surface area contributed by atoms with Gasteiger partial charge < -0.3 is 21.9 Å². The zero-order chi connectivity index (χ0) is 26.1. The molecule has 4 rings (SSSR count). The number of carbonyl (C=O) groups excluding carboxylic acids is 3. The van der Waals surface area contributed by atoms with Gasteiger partial charge in [0.05, 0.1) is 11.7 Å². The number of aromatic nitrogens is 3. The van der Waals surface area contributed by atoms with Crippen molar-refractivity contribution in [2.24, 2.45) is 5.73 Å². The Bertz CT molecular complexity index is 1530. The molecule has 1 amide bonds. The first-order chi connectivity index (χ1) is 17.1. The Morgan fingerprint density at radius 2 is 1.72 bits per heavy atom. The van der Waals surface area contributed by atoms with Crippen molar-refractivity contribution in [1.82, 2.24) is 19.5 Å². The van der Waals surface area contributed by atoms with E-state index < -0.39 is 35.4 Å². The van der Waals surface area contributed by atoms with Crippen LogP contribution in [-0.4, -0.2) is 43.9 Å². The summed E-state index contributed by atoms with van der Waals surface area (Å²) < 4.78 is 1.46. The van der Waals surface area contributed by atoms with Gasteiger partial charge in [0.25, 0.3) is 5.91 Å². The maximum absolute atomic E-state index is 13.3. The van der Waals surface area contributed by atoms with E-state index in [1.54, 1.807) is 30.5 Å². The van der Waals surface area contributed by atoms with E-state index in [1.165, 1.54) is 13.8 Å². The van der Waals surface area contributed by atoms with Crippen LogP contribution in [0.3, 0.4) is 0 Å². The molecule has 4 aromatic rings. The van der Waals surface area contributed by atoms with Crippen molar-refractivity contribution in [2.45, 2.75) is 39.3 Å². The van der Waals surface area contributed by atoms with Gasteiger partial charge in [-0.25, -0.2) is 14.0 Å². The van der Waals surface area contributed by atoms with E-state index in [4.69, 9.17) is 11.6 Å². The highest BCUT2D eigenvalue weighted by atomic mass is 16.2. The molecule has 2 heterocycles. The third-order valence-electron chi connectivity index (χ3n) is 6.25. The molecule has 0 radical (unpaired) electrons. The first-order valence-corrected chi connectivity index (χ1v) is 11.5. The van der Waals surface area contributed by atoms with Crippen LogP contribution < -0.4 is 22.6 Å². The van der Waals surface area contributed by atoms with Crippen LogP contribution >= 0.6 is 0 Å². The highest BCUT2D eigenvalue weighted by Gasteiger charge is 2.30. The number of H-pyrrole nitrogens is 1. The number of fused-ring (bicyclic) bond motifs is 1. The molecule has 2 aromatic carbocycles. The SMILES string of the molecule is Cc1ccc(C(=O)c2c(C)n(N)c(=O)n2C(=O)[C@H](C)NC(=O)[C@H](N)Cc2c[nH]c3ccccc23)cc1. The molecule has 186 valence electrons. The van der Waals surface area contributed by atoms with E-state index in [0.717, 1.165) is 26.7 Å². The number of ketones is 1. The quantitative estimate of drug-likeness (QED) is 0.227. The molecule has 0 bridgehead atoms. The second kappa shape index (κ2) is 9.67. The van der Waals surface area contributed by atoms with Gasteiger partial charge in [0.15, 0.2) is 0 Å². The van der Waals surface area contributed by atoms with Crippen molar-refractivity contribution in [2.75, 3.05) is 5.84 Å². The summed E-state index contributed by atoms with van der Waals surface area (Å²) in [6.07, 6.45) is 2.04. The van der Waals surface area contributed by atoms with Gasteiger partial charge in [-0.05, 0) is 38.8 Å². The van der Waals surface area contributed by atoms with Crippen molar-refractivity contribution < 1.29 is 14.4 Å². The summed E-state index contributed by atoms with van der Waals surface area (Å²) in [6.45, 7) is 4.78. The molecule has 36 heavy (non-hydrogen) atoms. The molecule has 0 saturated heterocycles. The molecule has 0 fully saturated rings. The third kappa shape index (κ3) is 4.46. The fourth-order valence-electron chi connectivity index (χ4n) is 4.14. The Balaban J connectivity index is 1.55. The molecule has 0 spiro atoms. The lowest BCUT2D eigenvalue weighted by atomic mass is 10.0. The zero-order valence-electron chi connectivity index (χ0n) is 20.2. The Hall–Kier alpha value is -4.44. The third-order valence-corrected chi connectivity index (χ3v) is 6.25. The summed E-state index contributed by atoms with van der Waals surface area (Å²) in [5.41, 5.74) is 8.27. The molecular weight excluding hydrogens is 460 g/mol. The van der Waals surface area contributed by atoms with Crippen molar-refractivity contribution in [3.8, 4) is 0 Å². The van der Waals surface area contributed by atoms with Crippen LogP contribution in [-0.2, 0) is 11.2 Å². The lowest BCUT2D eigenvalue weighted by Gasteiger charge is -2.17. The van der Waals surface area contributed by atoms with E-state index in [-0.39, 0.29) is 17.8 Å². The average Bonchev–Trinajstić information content (AvgIpc) is 3.37. The molecule has 0 aliphatic heterocycles. The summed E-state index contributed by atoms with van der Waals surface area (Å²) in [6, 6.07) is 12.3. The van der Waals surface area contributed by atoms with Crippen molar-refractivity contribution >= 4 is 28.5 Å². The number of benzene rings is 2. The second-order valence-corrected chi connectivity index (χ2v) is 8.86. The molecule has 0 aliphatic carbocycles. The number of aryl methyl sites for hydroxylation is 1. The number of amides is 1. The number of nitrogen functional groups attached to an aromatic ring is 1. The van der Waals surface area contributed by atoms with Crippen molar-refractivity contribution in [3.63, 3.8) is 0 Å². The Labute approximate surface area is 206 Å². The van der Waals surface area contributed by atoms with Gasteiger partial charge in [-0.2, -0.15) is 0 Å². The van der Waals surface area contributed by atoms with E-state index >= 15 is 0 Å². The number of imidazole rings is 1. The summed E-state index contributed by atoms with van der Waals surface area (Å²) in [4.78, 5) is 55.2. The zero-order valence-corrected chi connectivity index (χ0v) is 20.2. The molecule has 0 unspecified atom stereocenters. The molecule has 2 atom stereocenters. The largest absolute Gasteiger partial charge is 0.361 e. The molecule has 6 N–H and O–H groups in total. The second-order valence-electron chi connectivity index (χ2n) is 8.86. The summed E-state index contributed by atoms with van der Waals surface area (Å²) in [5.74, 6) is 3.93. The van der Waals surface area contributed by atoms with Gasteiger partial charge in [0.2, 0.25) is 11.7 Å². The number of nitrogens with zero attached hydrogens (tertiary/aromatic N) is 2. The normalized spacial score (nSPS) is 12.9. The van der Waals surface area contributed by atoms with Crippen LogP contribution in [0.4, 0.5) is 0 Å². The molecule has 10 heteroatoms. The topological polar surface area (TPSA) is 158 Å². The maximum Gasteiger partial charge on any atom is 0.354 e. The summed E-state index contributed by atoms with van der Waals surface area (Å²) >= 11 is 0. The maximum atomic E-state index is 13.3. The van der Waals surface area contributed by atoms with Crippen LogP contribution in [0.25, 0.3) is 10.9 Å². The summed E-state index contributed by atoms with van der Waals surface area (Å²) in [5, 5.41) is 3.52. The number of carbonyl (C=O) groups is 3. The molecule has 0 saturated carbocycles. The van der Waals surface area contributed by atoms with Gasteiger partial charge in [-0.15, -0.1) is 0 Å². The van der Waals surface area contributed by atoms with Gasteiger partial charge >= 0.3 is 5.69 Å². The van der Waals surface area contributed by atoms with Crippen LogP contribution in [0.2, 0.25) is 0 Å². The predicted molar refractivity (Wildman–Crippen MR) is 136 cm³/mol. The minimum absolute atomic E-state index is 0.133. The molecule has 10 nitrogen and oxygen atoms in total. The fraction of sp³-hybridized carbons (Fsp3) is 0.231. The monoisotopic (exact) mass is 488 g/mol. The number of hydrogen-bond donors (Lipinski definition) is 4. The lowest BCUT2D eigenvalue weighted by Crippen LogP contribution is -2.51. The number of hydrogen-bond acceptors (Lipinski definition) is 6. The van der Waals surface area contributed by atoms with Crippen LogP contribution in [0.1, 0.15) is 44.6 Å². The first kappa shape index (κ1) is 24.7. The number of rotatable bonds is 7. The van der Waals surface area contributed by atoms with Crippen molar-refractivity contribution in [3.05, 3.63) is 93.3 Å². The van der Waals surface area contributed by atoms with Gasteiger partial charge in [-0.1, -0.05) is 48.0 Å². The van der Waals surface area contributed by atoms with E-state index in [1.807, 2.05) is 31.2 Å². The van der Waals surface area contributed by atoms with Crippen molar-refractivity contribution in [1.29, 1.82) is 0 Å². The van der Waals surface area contributed by atoms with Gasteiger partial charge in [0, 0.05) is 22.7 Å². The number of aromatic amines is 1. The van der Waals surface area contributed by atoms with Crippen LogP contribution in [0, 0.1) is 13.8 Å². The lowest BCUT2D eigenvalue weighted by molar-refractivity contribution is -0.122. The predicted octanol–water partition coefficient (Wildman–Crippen LogP) is 1.41. The highest BCUT2D eigenvalue weighted by molar-refractivity contribution is 6.11. The number of nitrogens with one attached hydrogen (secondary N) is 2. The molecule has 0 aliphatic rings. The minimum atomic E-state index is -1.14. The first-order valence-electron chi connectivity index (χ1n) is 11.5. The molecular formula is C26H28N6O4. The van der Waals surface area contributed by atoms with Gasteiger partial charge in [-0.3, -0.25) is 14.4 Å². The van der Waals surface area contributed by atoms with Crippen LogP contribution in [0.5, 0.6) is 0 Å². The Morgan fingerprint density at radius 3 is 2.42 bits per heavy atom. The highest BCUT2D eigenvalue weighted by Crippen LogP contribution is 2.19. The Morgan fingerprint density at radius 1 is 1.06 bits per heavy atom. The number of para-hydroxylation sites is 1. The van der Waals surface area contributed by atoms with E-state index in [9.17, 15) is 19.2 Å². The minimum Gasteiger partial charge on any atom is -0.361 e.